The van der Waals surface area contributed by atoms with E-state index in [1.54, 1.807) is 13.1 Å². The summed E-state index contributed by atoms with van der Waals surface area (Å²) < 4.78 is 4.98. The zero-order valence-corrected chi connectivity index (χ0v) is 26.9. The molecule has 0 bridgehead atoms. The third-order valence-electron chi connectivity index (χ3n) is 7.46. The second-order valence-electron chi connectivity index (χ2n) is 11.8. The van der Waals surface area contributed by atoms with E-state index in [0.717, 1.165) is 17.5 Å². The second-order valence-corrected chi connectivity index (χ2v) is 11.8. The highest BCUT2D eigenvalue weighted by Crippen LogP contribution is 2.13. The molecule has 0 fully saturated rings. The summed E-state index contributed by atoms with van der Waals surface area (Å²) in [5, 5.41) is 19.4. The van der Waals surface area contributed by atoms with Crippen LogP contribution < -0.4 is 16.0 Å². The molecule has 46 heavy (non-hydrogen) atoms. The van der Waals surface area contributed by atoms with Crippen molar-refractivity contribution in [2.24, 2.45) is 5.92 Å². The summed E-state index contributed by atoms with van der Waals surface area (Å²) in [4.78, 5) is 59.6. The number of hydrogen-bond donors (Lipinski definition) is 5. The van der Waals surface area contributed by atoms with E-state index in [1.807, 2.05) is 74.5 Å². The van der Waals surface area contributed by atoms with E-state index in [1.165, 1.54) is 6.33 Å². The van der Waals surface area contributed by atoms with E-state index >= 15 is 0 Å². The van der Waals surface area contributed by atoms with Crippen molar-refractivity contribution in [2.45, 2.75) is 89.9 Å². The first-order chi connectivity index (χ1) is 22.1. The van der Waals surface area contributed by atoms with Crippen LogP contribution in [0.2, 0.25) is 0 Å². The van der Waals surface area contributed by atoms with Gasteiger partial charge in [-0.3, -0.25) is 19.2 Å². The van der Waals surface area contributed by atoms with E-state index in [2.05, 4.69) is 25.9 Å². The van der Waals surface area contributed by atoms with Crippen molar-refractivity contribution in [3.63, 3.8) is 0 Å². The number of carbonyl (C=O) groups is 4. The topological polar surface area (TPSA) is 163 Å². The molecule has 1 aromatic heterocycles. The quantitative estimate of drug-likeness (QED) is 0.127. The highest BCUT2D eigenvalue weighted by atomic mass is 16.5. The molecule has 0 aliphatic rings. The molecule has 248 valence electrons. The predicted molar refractivity (Wildman–Crippen MR) is 174 cm³/mol. The number of carbonyl (C=O) groups excluding carboxylic acids is 4. The summed E-state index contributed by atoms with van der Waals surface area (Å²) in [6.45, 7) is 5.74. The molecule has 0 saturated heterocycles. The van der Waals surface area contributed by atoms with Gasteiger partial charge in [-0.15, -0.1) is 0 Å². The van der Waals surface area contributed by atoms with Crippen molar-refractivity contribution < 1.29 is 29.0 Å². The summed E-state index contributed by atoms with van der Waals surface area (Å²) >= 11 is 0. The Morgan fingerprint density at radius 2 is 1.50 bits per heavy atom. The second kappa shape index (κ2) is 19.1. The number of rotatable bonds is 19. The Kier molecular flexibility index (Phi) is 14.9. The fourth-order valence-electron chi connectivity index (χ4n) is 5.16. The number of aliphatic hydroxyl groups excluding tert-OH is 1. The van der Waals surface area contributed by atoms with Crippen LogP contribution in [0.5, 0.6) is 0 Å². The minimum Gasteiger partial charge on any atom is -0.466 e. The first kappa shape index (κ1) is 36.0. The van der Waals surface area contributed by atoms with Gasteiger partial charge in [0.1, 0.15) is 12.1 Å². The van der Waals surface area contributed by atoms with E-state index in [4.69, 9.17) is 4.74 Å². The normalized spacial score (nSPS) is 13.7. The average molecular weight is 634 g/mol. The number of H-pyrrole nitrogens is 1. The number of nitrogens with zero attached hydrogens (tertiary/aromatic N) is 1. The monoisotopic (exact) mass is 633 g/mol. The average Bonchev–Trinajstić information content (AvgIpc) is 3.54. The van der Waals surface area contributed by atoms with Crippen LogP contribution in [0.3, 0.4) is 0 Å². The van der Waals surface area contributed by atoms with Gasteiger partial charge >= 0.3 is 5.97 Å². The minimum absolute atomic E-state index is 0.0863. The Morgan fingerprint density at radius 3 is 2.11 bits per heavy atom. The molecule has 3 amide bonds. The number of imidazole rings is 1. The van der Waals surface area contributed by atoms with Crippen LogP contribution in [-0.4, -0.2) is 69.6 Å². The van der Waals surface area contributed by atoms with Crippen LogP contribution in [0.25, 0.3) is 0 Å². The van der Waals surface area contributed by atoms with Gasteiger partial charge in [0.15, 0.2) is 0 Å². The molecule has 5 N–H and O–H groups in total. The zero-order valence-electron chi connectivity index (χ0n) is 26.9. The molecule has 4 atom stereocenters. The van der Waals surface area contributed by atoms with Crippen molar-refractivity contribution >= 4 is 23.7 Å². The third-order valence-corrected chi connectivity index (χ3v) is 7.46. The molecule has 0 unspecified atom stereocenters. The number of ether oxygens (including phenoxy) is 1. The highest BCUT2D eigenvalue weighted by molar-refractivity contribution is 5.92. The fraction of sp³-hybridized carbons (Fsp3) is 0.457. The molecule has 0 spiro atoms. The molecule has 0 saturated carbocycles. The summed E-state index contributed by atoms with van der Waals surface area (Å²) in [7, 11) is 0. The lowest BCUT2D eigenvalue weighted by atomic mass is 9.96. The number of aromatic nitrogens is 2. The van der Waals surface area contributed by atoms with Gasteiger partial charge in [0.05, 0.1) is 31.5 Å². The molecule has 11 nitrogen and oxygen atoms in total. The van der Waals surface area contributed by atoms with Crippen LogP contribution in [0.4, 0.5) is 0 Å². The van der Waals surface area contributed by atoms with Gasteiger partial charge in [0.25, 0.3) is 0 Å². The van der Waals surface area contributed by atoms with Crippen LogP contribution >= 0.6 is 0 Å². The van der Waals surface area contributed by atoms with Crippen molar-refractivity contribution in [3.05, 3.63) is 90.0 Å². The number of hydrogen-bond acceptors (Lipinski definition) is 7. The van der Waals surface area contributed by atoms with Gasteiger partial charge in [-0.05, 0) is 43.2 Å². The summed E-state index contributed by atoms with van der Waals surface area (Å²) in [6.07, 6.45) is 3.86. The maximum Gasteiger partial charge on any atom is 0.308 e. The standard InChI is InChI=1S/C35H47N5O6/c1-4-46-33(43)21-31(41)28(18-24(2)3)39-35(45)30(20-27-22-36-23-37-27)40-34(44)29(19-26-14-9-6-10-15-26)38-32(42)17-11-16-25-12-7-5-8-13-25/h5-10,12-15,22-24,28-31,41H,4,11,16-21H2,1-3H3,(H,36,37)(H,38,42)(H,39,45)(H,40,44)/t28-,29-,30-,31-/m0/s1. The number of nitrogens with one attached hydrogen (secondary N) is 4. The van der Waals surface area contributed by atoms with Gasteiger partial charge < -0.3 is 30.8 Å². The Morgan fingerprint density at radius 1 is 0.870 bits per heavy atom. The Bertz CT molecular complexity index is 1350. The van der Waals surface area contributed by atoms with Gasteiger partial charge in [0.2, 0.25) is 17.7 Å². The summed E-state index contributed by atoms with van der Waals surface area (Å²) in [6, 6.07) is 16.4. The lowest BCUT2D eigenvalue weighted by Crippen LogP contribution is -2.57. The van der Waals surface area contributed by atoms with E-state index in [-0.39, 0.29) is 44.1 Å². The molecule has 2 aromatic carbocycles. The predicted octanol–water partition coefficient (Wildman–Crippen LogP) is 3.03. The van der Waals surface area contributed by atoms with E-state index in [9.17, 15) is 24.3 Å². The molecule has 0 aliphatic heterocycles. The van der Waals surface area contributed by atoms with Crippen molar-refractivity contribution in [2.75, 3.05) is 6.61 Å². The molecule has 3 rings (SSSR count). The van der Waals surface area contributed by atoms with Gasteiger partial charge in [-0.2, -0.15) is 0 Å². The molecule has 11 heteroatoms. The highest BCUT2D eigenvalue weighted by Gasteiger charge is 2.31. The SMILES string of the molecule is CCOC(=O)C[C@H](O)[C@H](CC(C)C)NC(=O)[C@H](Cc1cnc[nH]1)NC(=O)[C@H](Cc1ccccc1)NC(=O)CCCc1ccccc1. The first-order valence-corrected chi connectivity index (χ1v) is 15.9. The molecule has 3 aromatic rings. The summed E-state index contributed by atoms with van der Waals surface area (Å²) in [5.41, 5.74) is 2.59. The molecule has 1 heterocycles. The molecule has 0 aliphatic carbocycles. The maximum absolute atomic E-state index is 13.8. The fourth-order valence-corrected chi connectivity index (χ4v) is 5.16. The number of aryl methyl sites for hydroxylation is 1. The van der Waals surface area contributed by atoms with E-state index in [0.29, 0.717) is 18.5 Å². The lowest BCUT2D eigenvalue weighted by Gasteiger charge is -2.28. The van der Waals surface area contributed by atoms with Crippen LogP contribution in [0.1, 0.15) is 63.3 Å². The van der Waals surface area contributed by atoms with Gasteiger partial charge in [-0.25, -0.2) is 4.98 Å². The lowest BCUT2D eigenvalue weighted by molar-refractivity contribution is -0.146. The third kappa shape index (κ3) is 12.8. The largest absolute Gasteiger partial charge is 0.466 e. The summed E-state index contributed by atoms with van der Waals surface area (Å²) in [5.74, 6) is -1.80. The zero-order chi connectivity index (χ0) is 33.3. The first-order valence-electron chi connectivity index (χ1n) is 15.9. The molecular formula is C35H47N5O6. The van der Waals surface area contributed by atoms with Crippen LogP contribution in [0, 0.1) is 5.92 Å². The van der Waals surface area contributed by atoms with Gasteiger partial charge in [-0.1, -0.05) is 74.5 Å². The Balaban J connectivity index is 1.75. The van der Waals surface area contributed by atoms with Crippen molar-refractivity contribution in [1.82, 2.24) is 25.9 Å². The van der Waals surface area contributed by atoms with Crippen LogP contribution in [-0.2, 0) is 43.2 Å². The minimum atomic E-state index is -1.19. The molecular weight excluding hydrogens is 586 g/mol. The van der Waals surface area contributed by atoms with E-state index < -0.39 is 42.0 Å². The number of aliphatic hydroxyl groups is 1. The van der Waals surface area contributed by atoms with Crippen molar-refractivity contribution in [1.29, 1.82) is 0 Å². The van der Waals surface area contributed by atoms with Gasteiger partial charge in [0, 0.05) is 31.2 Å². The van der Waals surface area contributed by atoms with Crippen molar-refractivity contribution in [3.8, 4) is 0 Å². The van der Waals surface area contributed by atoms with Crippen LogP contribution in [0.15, 0.2) is 73.2 Å². The number of amides is 3. The molecule has 0 radical (unpaired) electrons. The maximum atomic E-state index is 13.8. The smallest absolute Gasteiger partial charge is 0.308 e. The Labute approximate surface area is 270 Å². The number of esters is 1. The number of aromatic amines is 1. The number of benzene rings is 2. The Hall–Kier alpha value is -4.51.